The molecule has 0 saturated heterocycles. The van der Waals surface area contributed by atoms with Crippen LogP contribution in [-0.2, 0) is 6.42 Å². The van der Waals surface area contributed by atoms with Crippen molar-refractivity contribution >= 4 is 23.1 Å². The molecule has 1 aliphatic heterocycles. The summed E-state index contributed by atoms with van der Waals surface area (Å²) in [5.41, 5.74) is 2.59. The normalized spacial score (nSPS) is 17.7. The van der Waals surface area contributed by atoms with Gasteiger partial charge < -0.3 is 10.2 Å². The molecule has 0 spiro atoms. The Morgan fingerprint density at radius 3 is 3.14 bits per heavy atom. The number of nitrogens with zero attached hydrogens (tertiary/aromatic N) is 3. The Balaban J connectivity index is 1.90. The van der Waals surface area contributed by atoms with Gasteiger partial charge in [0, 0.05) is 29.7 Å². The summed E-state index contributed by atoms with van der Waals surface area (Å²) >= 11 is 1.87. The van der Waals surface area contributed by atoms with Crippen LogP contribution >= 0.6 is 11.3 Å². The van der Waals surface area contributed by atoms with Crippen molar-refractivity contribution in [3.63, 3.8) is 0 Å². The number of fused-ring (bicyclic) bond motifs is 1. The lowest BCUT2D eigenvalue weighted by molar-refractivity contribution is 0.622. The van der Waals surface area contributed by atoms with Gasteiger partial charge in [-0.05, 0) is 43.7 Å². The van der Waals surface area contributed by atoms with E-state index in [0.717, 1.165) is 43.3 Å². The molecule has 1 unspecified atom stereocenters. The fraction of sp³-hybridized carbons (Fsp3) is 0.500. The molecule has 0 saturated carbocycles. The van der Waals surface area contributed by atoms with E-state index >= 15 is 0 Å². The van der Waals surface area contributed by atoms with E-state index in [0.29, 0.717) is 6.04 Å². The van der Waals surface area contributed by atoms with Gasteiger partial charge in [0.25, 0.3) is 0 Å². The zero-order valence-electron chi connectivity index (χ0n) is 12.9. The first-order valence-corrected chi connectivity index (χ1v) is 8.49. The molecule has 4 nitrogen and oxygen atoms in total. The maximum atomic E-state index is 4.75. The Kier molecular flexibility index (Phi) is 4.10. The van der Waals surface area contributed by atoms with Crippen LogP contribution in [0.4, 0.5) is 11.8 Å². The van der Waals surface area contributed by atoms with Gasteiger partial charge in [-0.1, -0.05) is 6.92 Å². The van der Waals surface area contributed by atoms with Crippen LogP contribution in [-0.4, -0.2) is 23.1 Å². The van der Waals surface area contributed by atoms with E-state index in [1.165, 1.54) is 10.4 Å². The highest BCUT2D eigenvalue weighted by Crippen LogP contribution is 2.36. The lowest BCUT2D eigenvalue weighted by Gasteiger charge is -2.35. The number of aryl methyl sites for hydroxylation is 1. The van der Waals surface area contributed by atoms with Crippen LogP contribution in [0.3, 0.4) is 0 Å². The summed E-state index contributed by atoms with van der Waals surface area (Å²) in [6.45, 7) is 8.44. The van der Waals surface area contributed by atoms with Crippen LogP contribution in [0.1, 0.15) is 42.3 Å². The number of nitrogens with one attached hydrogen (secondary N) is 1. The zero-order chi connectivity index (χ0) is 14.8. The van der Waals surface area contributed by atoms with Crippen molar-refractivity contribution in [1.82, 2.24) is 9.97 Å². The first kappa shape index (κ1) is 14.3. The first-order chi connectivity index (χ1) is 10.2. The molecular formula is C16H22N4S. The van der Waals surface area contributed by atoms with Crippen molar-refractivity contribution in [3.8, 4) is 0 Å². The van der Waals surface area contributed by atoms with Gasteiger partial charge in [-0.25, -0.2) is 4.98 Å². The van der Waals surface area contributed by atoms with Crippen LogP contribution < -0.4 is 10.2 Å². The summed E-state index contributed by atoms with van der Waals surface area (Å²) in [6.07, 6.45) is 4.11. The first-order valence-electron chi connectivity index (χ1n) is 7.61. The summed E-state index contributed by atoms with van der Waals surface area (Å²) < 4.78 is 0. The molecule has 0 aromatic carbocycles. The van der Waals surface area contributed by atoms with Crippen LogP contribution in [0.15, 0.2) is 17.6 Å². The monoisotopic (exact) mass is 302 g/mol. The number of hydrogen-bond donors (Lipinski definition) is 1. The molecule has 2 aromatic rings. The second kappa shape index (κ2) is 6.02. The molecule has 3 rings (SSSR count). The number of thiophene rings is 1. The van der Waals surface area contributed by atoms with Gasteiger partial charge in [0.05, 0.1) is 6.04 Å². The molecule has 1 aliphatic rings. The molecule has 112 valence electrons. The minimum Gasteiger partial charge on any atom is -0.354 e. The topological polar surface area (TPSA) is 41.1 Å². The van der Waals surface area contributed by atoms with Gasteiger partial charge in [-0.2, -0.15) is 4.98 Å². The highest BCUT2D eigenvalue weighted by atomic mass is 32.1. The predicted molar refractivity (Wildman–Crippen MR) is 89.3 cm³/mol. The maximum Gasteiger partial charge on any atom is 0.224 e. The highest BCUT2D eigenvalue weighted by Gasteiger charge is 2.26. The Bertz CT molecular complexity index is 622. The predicted octanol–water partition coefficient (Wildman–Crippen LogP) is 3.79. The maximum absolute atomic E-state index is 4.75. The van der Waals surface area contributed by atoms with E-state index in [4.69, 9.17) is 4.98 Å². The van der Waals surface area contributed by atoms with Crippen LogP contribution in [0.2, 0.25) is 0 Å². The average Bonchev–Trinajstić information content (AvgIpc) is 2.97. The molecule has 1 atom stereocenters. The van der Waals surface area contributed by atoms with Crippen molar-refractivity contribution < 1.29 is 0 Å². The van der Waals surface area contributed by atoms with Gasteiger partial charge in [-0.15, -0.1) is 11.3 Å². The summed E-state index contributed by atoms with van der Waals surface area (Å²) in [7, 11) is 0. The number of anilines is 2. The van der Waals surface area contributed by atoms with E-state index in [-0.39, 0.29) is 0 Å². The fourth-order valence-electron chi connectivity index (χ4n) is 2.84. The third-order valence-electron chi connectivity index (χ3n) is 4.03. The minimum absolute atomic E-state index is 0.382. The van der Waals surface area contributed by atoms with E-state index in [9.17, 15) is 0 Å². The zero-order valence-corrected chi connectivity index (χ0v) is 13.7. The molecule has 3 heterocycles. The molecule has 1 N–H and O–H groups in total. The molecule has 0 bridgehead atoms. The van der Waals surface area contributed by atoms with Gasteiger partial charge >= 0.3 is 0 Å². The summed E-state index contributed by atoms with van der Waals surface area (Å²) in [5, 5.41) is 5.48. The Morgan fingerprint density at radius 2 is 2.33 bits per heavy atom. The molecule has 0 radical (unpaired) electrons. The number of aromatic nitrogens is 2. The molecule has 5 heteroatoms. The Labute approximate surface area is 130 Å². The minimum atomic E-state index is 0.382. The summed E-state index contributed by atoms with van der Waals surface area (Å²) in [6, 6.07) is 2.64. The quantitative estimate of drug-likeness (QED) is 0.933. The lowest BCUT2D eigenvalue weighted by Crippen LogP contribution is -2.34. The van der Waals surface area contributed by atoms with Crippen LogP contribution in [0.25, 0.3) is 0 Å². The highest BCUT2D eigenvalue weighted by molar-refractivity contribution is 7.10. The summed E-state index contributed by atoms with van der Waals surface area (Å²) in [4.78, 5) is 13.1. The molecule has 21 heavy (non-hydrogen) atoms. The van der Waals surface area contributed by atoms with Crippen LogP contribution in [0, 0.1) is 6.92 Å². The molecule has 2 aromatic heterocycles. The SMILES string of the molecule is CCCNc1ncc(C)c(N2CCc3sccc3C2C)n1. The van der Waals surface area contributed by atoms with Gasteiger partial charge in [0.15, 0.2) is 0 Å². The molecular weight excluding hydrogens is 280 g/mol. The smallest absolute Gasteiger partial charge is 0.224 e. The van der Waals surface area contributed by atoms with Crippen LogP contribution in [0.5, 0.6) is 0 Å². The van der Waals surface area contributed by atoms with Crippen molar-refractivity contribution in [2.75, 3.05) is 23.3 Å². The third kappa shape index (κ3) is 2.75. The average molecular weight is 302 g/mol. The van der Waals surface area contributed by atoms with Crippen molar-refractivity contribution in [2.24, 2.45) is 0 Å². The van der Waals surface area contributed by atoms with Gasteiger partial charge in [-0.3, -0.25) is 0 Å². The summed E-state index contributed by atoms with van der Waals surface area (Å²) in [5.74, 6) is 1.80. The Morgan fingerprint density at radius 1 is 1.48 bits per heavy atom. The Hall–Kier alpha value is -1.62. The van der Waals surface area contributed by atoms with E-state index < -0.39 is 0 Å². The molecule has 0 amide bonds. The van der Waals surface area contributed by atoms with Crippen molar-refractivity contribution in [1.29, 1.82) is 0 Å². The fourth-order valence-corrected chi connectivity index (χ4v) is 3.81. The van der Waals surface area contributed by atoms with Crippen molar-refractivity contribution in [2.45, 2.75) is 39.7 Å². The second-order valence-electron chi connectivity index (χ2n) is 5.55. The lowest BCUT2D eigenvalue weighted by atomic mass is 10.0. The van der Waals surface area contributed by atoms with Crippen molar-refractivity contribution in [3.05, 3.63) is 33.6 Å². The number of hydrogen-bond acceptors (Lipinski definition) is 5. The van der Waals surface area contributed by atoms with Gasteiger partial charge in [0.2, 0.25) is 5.95 Å². The number of rotatable bonds is 4. The van der Waals surface area contributed by atoms with E-state index in [2.05, 4.69) is 47.4 Å². The molecule has 0 fully saturated rings. The van der Waals surface area contributed by atoms with E-state index in [1.54, 1.807) is 0 Å². The third-order valence-corrected chi connectivity index (χ3v) is 5.02. The van der Waals surface area contributed by atoms with Gasteiger partial charge in [0.1, 0.15) is 5.82 Å². The standard InChI is InChI=1S/C16H22N4S/c1-4-7-17-16-18-10-11(2)15(19-16)20-8-5-14-13(12(20)3)6-9-21-14/h6,9-10,12H,4-5,7-8H2,1-3H3,(H,17,18,19). The molecule has 0 aliphatic carbocycles. The van der Waals surface area contributed by atoms with E-state index in [1.807, 2.05) is 17.5 Å². The largest absolute Gasteiger partial charge is 0.354 e. The second-order valence-corrected chi connectivity index (χ2v) is 6.55.